The van der Waals surface area contributed by atoms with Crippen molar-refractivity contribution in [2.24, 2.45) is 0 Å². The summed E-state index contributed by atoms with van der Waals surface area (Å²) in [4.78, 5) is 19.9. The number of fused-ring (bicyclic) bond motifs is 1. The number of carbonyl (C=O) groups is 1. The van der Waals surface area contributed by atoms with Crippen molar-refractivity contribution in [1.29, 1.82) is 0 Å². The van der Waals surface area contributed by atoms with Crippen LogP contribution in [0.15, 0.2) is 42.7 Å². The number of carbonyl (C=O) groups excluding carboxylic acids is 1. The molecule has 0 atom stereocenters. The molecular weight excluding hydrogens is 249 g/mol. The lowest BCUT2D eigenvalue weighted by molar-refractivity contribution is 0.102. The van der Waals surface area contributed by atoms with E-state index in [1.807, 2.05) is 0 Å². The van der Waals surface area contributed by atoms with E-state index in [0.717, 1.165) is 0 Å². The smallest absolute Gasteiger partial charge is 0.258 e. The molecule has 0 fully saturated rings. The van der Waals surface area contributed by atoms with E-state index in [4.69, 9.17) is 0 Å². The topological polar surface area (TPSA) is 72.2 Å². The van der Waals surface area contributed by atoms with Crippen LogP contribution in [0.3, 0.4) is 0 Å². The summed E-state index contributed by atoms with van der Waals surface area (Å²) >= 11 is 0. The van der Waals surface area contributed by atoms with Crippen LogP contribution in [0.5, 0.6) is 0 Å². The minimum absolute atomic E-state index is 0.146. The van der Waals surface area contributed by atoms with Crippen molar-refractivity contribution in [3.63, 3.8) is 0 Å². The molecule has 2 aromatic heterocycles. The Morgan fingerprint density at radius 3 is 2.79 bits per heavy atom. The molecule has 1 aromatic carbocycles. The molecule has 0 radical (unpaired) electrons. The molecule has 6 nitrogen and oxygen atoms in total. The average Bonchev–Trinajstić information content (AvgIpc) is 2.81. The summed E-state index contributed by atoms with van der Waals surface area (Å²) in [6.07, 6.45) is 3.25. The highest BCUT2D eigenvalue weighted by atomic mass is 19.1. The highest BCUT2D eigenvalue weighted by Gasteiger charge is 2.10. The fourth-order valence-electron chi connectivity index (χ4n) is 1.56. The fourth-order valence-corrected chi connectivity index (χ4v) is 1.56. The van der Waals surface area contributed by atoms with E-state index in [9.17, 15) is 9.18 Å². The number of hydrogen-bond donors (Lipinski definition) is 1. The second-order valence-corrected chi connectivity index (χ2v) is 3.76. The lowest BCUT2D eigenvalue weighted by Gasteiger charge is -1.99. The molecule has 7 heteroatoms. The number of rotatable bonds is 2. The zero-order chi connectivity index (χ0) is 13.2. The average molecular weight is 257 g/mol. The maximum atomic E-state index is 12.7. The quantitative estimate of drug-likeness (QED) is 0.755. The van der Waals surface area contributed by atoms with Crippen LogP contribution in [-0.4, -0.2) is 25.5 Å². The Morgan fingerprint density at radius 2 is 2.05 bits per heavy atom. The first kappa shape index (κ1) is 11.3. The van der Waals surface area contributed by atoms with E-state index in [1.165, 1.54) is 28.8 Å². The highest BCUT2D eigenvalue weighted by molar-refractivity contribution is 6.03. The molecule has 0 saturated carbocycles. The Hall–Kier alpha value is -2.83. The third-order valence-corrected chi connectivity index (χ3v) is 2.45. The van der Waals surface area contributed by atoms with Gasteiger partial charge in [-0.15, -0.1) is 5.10 Å². The first-order chi connectivity index (χ1) is 9.22. The van der Waals surface area contributed by atoms with Gasteiger partial charge in [0.1, 0.15) is 5.82 Å². The van der Waals surface area contributed by atoms with Gasteiger partial charge in [-0.05, 0) is 30.3 Å². The van der Waals surface area contributed by atoms with Gasteiger partial charge in [0, 0.05) is 18.0 Å². The number of nitrogens with zero attached hydrogens (tertiary/aromatic N) is 4. The van der Waals surface area contributed by atoms with Gasteiger partial charge in [-0.3, -0.25) is 10.1 Å². The molecule has 0 spiro atoms. The standard InChI is InChI=1S/C12H8FN5O/c13-9-4-2-8(3-5-9)10(19)15-11-16-12-14-6-1-7-18(12)17-11/h1-7H,(H,15,17,19). The molecule has 0 saturated heterocycles. The van der Waals surface area contributed by atoms with E-state index in [2.05, 4.69) is 20.4 Å². The summed E-state index contributed by atoms with van der Waals surface area (Å²) in [5.41, 5.74) is 0.327. The van der Waals surface area contributed by atoms with E-state index in [0.29, 0.717) is 11.3 Å². The van der Waals surface area contributed by atoms with Crippen LogP contribution in [0.4, 0.5) is 10.3 Å². The van der Waals surface area contributed by atoms with Crippen LogP contribution >= 0.6 is 0 Å². The molecule has 0 aliphatic carbocycles. The molecule has 0 bridgehead atoms. The minimum Gasteiger partial charge on any atom is -0.289 e. The maximum Gasteiger partial charge on any atom is 0.258 e. The van der Waals surface area contributed by atoms with Crippen LogP contribution in [-0.2, 0) is 0 Å². The van der Waals surface area contributed by atoms with Gasteiger partial charge in [-0.2, -0.15) is 4.98 Å². The van der Waals surface area contributed by atoms with Gasteiger partial charge < -0.3 is 0 Å². The number of aromatic nitrogens is 4. The van der Waals surface area contributed by atoms with Crippen molar-refractivity contribution in [3.05, 3.63) is 54.1 Å². The van der Waals surface area contributed by atoms with Gasteiger partial charge in [0.15, 0.2) is 0 Å². The molecular formula is C12H8FN5O. The Kier molecular flexibility index (Phi) is 2.64. The first-order valence-corrected chi connectivity index (χ1v) is 5.47. The fraction of sp³-hybridized carbons (Fsp3) is 0. The Morgan fingerprint density at radius 1 is 1.26 bits per heavy atom. The van der Waals surface area contributed by atoms with Gasteiger partial charge in [0.25, 0.3) is 17.6 Å². The Bertz CT molecular complexity index is 704. The molecule has 19 heavy (non-hydrogen) atoms. The normalized spacial score (nSPS) is 10.6. The molecule has 0 aliphatic heterocycles. The third kappa shape index (κ3) is 2.25. The minimum atomic E-state index is -0.407. The largest absolute Gasteiger partial charge is 0.289 e. The molecule has 0 unspecified atom stereocenters. The number of nitrogens with one attached hydrogen (secondary N) is 1. The zero-order valence-electron chi connectivity index (χ0n) is 9.62. The Balaban J connectivity index is 1.84. The van der Waals surface area contributed by atoms with Crippen molar-refractivity contribution in [1.82, 2.24) is 19.6 Å². The lowest BCUT2D eigenvalue weighted by atomic mass is 10.2. The number of anilines is 1. The lowest BCUT2D eigenvalue weighted by Crippen LogP contribution is -2.13. The van der Waals surface area contributed by atoms with Gasteiger partial charge in [-0.1, -0.05) is 0 Å². The van der Waals surface area contributed by atoms with E-state index in [-0.39, 0.29) is 5.95 Å². The summed E-state index contributed by atoms with van der Waals surface area (Å²) in [6.45, 7) is 0. The van der Waals surface area contributed by atoms with Crippen LogP contribution in [0.1, 0.15) is 10.4 Å². The van der Waals surface area contributed by atoms with Crippen molar-refractivity contribution in [2.45, 2.75) is 0 Å². The molecule has 94 valence electrons. The molecule has 1 amide bonds. The second kappa shape index (κ2) is 4.45. The van der Waals surface area contributed by atoms with Crippen LogP contribution in [0.25, 0.3) is 5.78 Å². The van der Waals surface area contributed by atoms with E-state index in [1.54, 1.807) is 18.5 Å². The second-order valence-electron chi connectivity index (χ2n) is 3.76. The SMILES string of the molecule is O=C(Nc1nc2ncccn2n1)c1ccc(F)cc1. The summed E-state index contributed by atoms with van der Waals surface area (Å²) in [6, 6.07) is 6.91. The van der Waals surface area contributed by atoms with E-state index >= 15 is 0 Å². The third-order valence-electron chi connectivity index (χ3n) is 2.45. The molecule has 3 aromatic rings. The molecule has 2 heterocycles. The monoisotopic (exact) mass is 257 g/mol. The molecule has 3 rings (SSSR count). The highest BCUT2D eigenvalue weighted by Crippen LogP contribution is 2.07. The van der Waals surface area contributed by atoms with Gasteiger partial charge >= 0.3 is 0 Å². The summed E-state index contributed by atoms with van der Waals surface area (Å²) in [7, 11) is 0. The van der Waals surface area contributed by atoms with Crippen molar-refractivity contribution in [2.75, 3.05) is 5.32 Å². The summed E-state index contributed by atoms with van der Waals surface area (Å²) in [5, 5.41) is 6.56. The number of amides is 1. The summed E-state index contributed by atoms with van der Waals surface area (Å²) < 4.78 is 14.2. The van der Waals surface area contributed by atoms with Crippen molar-refractivity contribution >= 4 is 17.6 Å². The maximum absolute atomic E-state index is 12.7. The first-order valence-electron chi connectivity index (χ1n) is 5.47. The van der Waals surface area contributed by atoms with Gasteiger partial charge in [0.2, 0.25) is 0 Å². The van der Waals surface area contributed by atoms with E-state index < -0.39 is 11.7 Å². The number of halogens is 1. The van der Waals surface area contributed by atoms with Crippen molar-refractivity contribution < 1.29 is 9.18 Å². The number of hydrogen-bond acceptors (Lipinski definition) is 4. The van der Waals surface area contributed by atoms with Gasteiger partial charge in [-0.25, -0.2) is 13.9 Å². The van der Waals surface area contributed by atoms with Crippen molar-refractivity contribution in [3.8, 4) is 0 Å². The van der Waals surface area contributed by atoms with Crippen LogP contribution in [0.2, 0.25) is 0 Å². The van der Waals surface area contributed by atoms with Crippen LogP contribution in [0, 0.1) is 5.82 Å². The molecule has 0 aliphatic rings. The number of benzene rings is 1. The predicted molar refractivity (Wildman–Crippen MR) is 65.1 cm³/mol. The zero-order valence-corrected chi connectivity index (χ0v) is 9.62. The predicted octanol–water partition coefficient (Wildman–Crippen LogP) is 1.52. The van der Waals surface area contributed by atoms with Gasteiger partial charge in [0.05, 0.1) is 0 Å². The summed E-state index contributed by atoms with van der Waals surface area (Å²) in [5.74, 6) is -0.271. The van der Waals surface area contributed by atoms with Crippen LogP contribution < -0.4 is 5.32 Å². The molecule has 1 N–H and O–H groups in total. The Labute approximate surface area is 106 Å².